The van der Waals surface area contributed by atoms with Gasteiger partial charge in [-0.3, -0.25) is 4.31 Å². The average Bonchev–Trinajstić information content (AvgIpc) is 2.82. The zero-order valence-electron chi connectivity index (χ0n) is 11.5. The quantitative estimate of drug-likeness (QED) is 0.843. The van der Waals surface area contributed by atoms with Gasteiger partial charge in [-0.1, -0.05) is 18.2 Å². The minimum atomic E-state index is -3.28. The Morgan fingerprint density at radius 2 is 2.05 bits per heavy atom. The summed E-state index contributed by atoms with van der Waals surface area (Å²) in [5, 5.41) is 0. The summed E-state index contributed by atoms with van der Waals surface area (Å²) < 4.78 is 27.5. The molecule has 2 heterocycles. The molecule has 0 fully saturated rings. The largest absolute Gasteiger partial charge is 0.338 e. The van der Waals surface area contributed by atoms with E-state index in [1.165, 1.54) is 10.6 Å². The first-order chi connectivity index (χ1) is 9.47. The van der Waals surface area contributed by atoms with E-state index in [9.17, 15) is 8.42 Å². The van der Waals surface area contributed by atoms with Gasteiger partial charge in [0.2, 0.25) is 10.0 Å². The number of aromatic nitrogens is 2. The summed E-state index contributed by atoms with van der Waals surface area (Å²) in [5.74, 6) is 1.01. The molecule has 1 atom stereocenters. The van der Waals surface area contributed by atoms with E-state index in [4.69, 9.17) is 0 Å². The van der Waals surface area contributed by atoms with Crippen LogP contribution in [-0.2, 0) is 23.5 Å². The molecule has 0 aliphatic carbocycles. The molecule has 1 aliphatic rings. The molecule has 1 aromatic heterocycles. The van der Waals surface area contributed by atoms with E-state index in [2.05, 4.69) is 4.98 Å². The van der Waals surface area contributed by atoms with Gasteiger partial charge in [0, 0.05) is 31.9 Å². The van der Waals surface area contributed by atoms with Crippen molar-refractivity contribution in [2.24, 2.45) is 7.05 Å². The number of para-hydroxylation sites is 1. The van der Waals surface area contributed by atoms with E-state index in [0.717, 1.165) is 23.5 Å². The van der Waals surface area contributed by atoms with Crippen molar-refractivity contribution in [1.82, 2.24) is 9.55 Å². The summed E-state index contributed by atoms with van der Waals surface area (Å²) >= 11 is 0. The predicted octanol–water partition coefficient (Wildman–Crippen LogP) is 1.53. The van der Waals surface area contributed by atoms with Crippen molar-refractivity contribution in [3.8, 4) is 0 Å². The highest BCUT2D eigenvalue weighted by molar-refractivity contribution is 7.92. The second kappa shape index (κ2) is 4.63. The summed E-state index contributed by atoms with van der Waals surface area (Å²) in [4.78, 5) is 4.37. The lowest BCUT2D eigenvalue weighted by Gasteiger charge is -2.34. The number of fused-ring (bicyclic) bond motifs is 1. The van der Waals surface area contributed by atoms with Crippen molar-refractivity contribution < 1.29 is 8.42 Å². The fraction of sp³-hybridized carbons (Fsp3) is 0.357. The molecule has 106 valence electrons. The van der Waals surface area contributed by atoms with E-state index in [0.29, 0.717) is 6.54 Å². The topological polar surface area (TPSA) is 55.2 Å². The van der Waals surface area contributed by atoms with Gasteiger partial charge >= 0.3 is 0 Å². The monoisotopic (exact) mass is 291 g/mol. The van der Waals surface area contributed by atoms with Crippen molar-refractivity contribution in [1.29, 1.82) is 0 Å². The Kier molecular flexibility index (Phi) is 3.05. The van der Waals surface area contributed by atoms with Gasteiger partial charge in [-0.2, -0.15) is 0 Å². The first kappa shape index (κ1) is 13.2. The van der Waals surface area contributed by atoms with Crippen LogP contribution in [0.5, 0.6) is 0 Å². The standard InChI is InChI=1S/C14H17N3O2S/c1-16-8-7-15-14(16)12-9-11-5-3-4-6-13(11)17(10-12)20(2,18)19/h3-8,12H,9-10H2,1-2H3/t12-/m1/s1. The number of benzene rings is 1. The first-order valence-corrected chi connectivity index (χ1v) is 8.34. The maximum Gasteiger partial charge on any atom is 0.232 e. The molecule has 1 aliphatic heterocycles. The Hall–Kier alpha value is -1.82. The van der Waals surface area contributed by atoms with Crippen molar-refractivity contribution in [2.45, 2.75) is 12.3 Å². The molecule has 0 bridgehead atoms. The third-order valence-corrected chi connectivity index (χ3v) is 4.88. The van der Waals surface area contributed by atoms with Gasteiger partial charge in [-0.25, -0.2) is 13.4 Å². The number of sulfonamides is 1. The molecule has 0 N–H and O–H groups in total. The lowest BCUT2D eigenvalue weighted by atomic mass is 9.93. The van der Waals surface area contributed by atoms with E-state index >= 15 is 0 Å². The molecule has 0 radical (unpaired) electrons. The zero-order valence-corrected chi connectivity index (χ0v) is 12.3. The SMILES string of the molecule is Cn1ccnc1[C@@H]1Cc2ccccc2N(S(C)(=O)=O)C1. The molecule has 20 heavy (non-hydrogen) atoms. The van der Waals surface area contributed by atoms with Gasteiger partial charge in [-0.05, 0) is 18.1 Å². The molecule has 2 aromatic rings. The normalized spacial score (nSPS) is 18.9. The second-order valence-electron chi connectivity index (χ2n) is 5.22. The molecule has 0 amide bonds. The number of imidazole rings is 1. The van der Waals surface area contributed by atoms with Gasteiger partial charge < -0.3 is 4.57 Å². The van der Waals surface area contributed by atoms with E-state index in [-0.39, 0.29) is 5.92 Å². The second-order valence-corrected chi connectivity index (χ2v) is 7.13. The third-order valence-electron chi connectivity index (χ3n) is 3.74. The number of aryl methyl sites for hydroxylation is 1. The fourth-order valence-electron chi connectivity index (χ4n) is 2.81. The Labute approximate surface area is 118 Å². The summed E-state index contributed by atoms with van der Waals surface area (Å²) in [6, 6.07) is 7.67. The lowest BCUT2D eigenvalue weighted by Crippen LogP contribution is -2.39. The predicted molar refractivity (Wildman–Crippen MR) is 78.3 cm³/mol. The summed E-state index contributed by atoms with van der Waals surface area (Å²) in [6.45, 7) is 0.445. The number of rotatable bonds is 2. The van der Waals surface area contributed by atoms with Crippen molar-refractivity contribution in [3.63, 3.8) is 0 Å². The minimum absolute atomic E-state index is 0.0830. The molecule has 0 saturated carbocycles. The summed E-state index contributed by atoms with van der Waals surface area (Å²) in [5.41, 5.74) is 1.85. The maximum atomic E-state index is 12.0. The minimum Gasteiger partial charge on any atom is -0.338 e. The Morgan fingerprint density at radius 3 is 2.70 bits per heavy atom. The van der Waals surface area contributed by atoms with Crippen LogP contribution in [0.15, 0.2) is 36.7 Å². The molecule has 0 saturated heterocycles. The Balaban J connectivity index is 2.07. The van der Waals surface area contributed by atoms with Crippen LogP contribution < -0.4 is 4.31 Å². The van der Waals surface area contributed by atoms with Crippen LogP contribution in [0, 0.1) is 0 Å². The molecule has 6 heteroatoms. The van der Waals surface area contributed by atoms with Crippen LogP contribution in [0.1, 0.15) is 17.3 Å². The highest BCUT2D eigenvalue weighted by atomic mass is 32.2. The molecular formula is C14H17N3O2S. The average molecular weight is 291 g/mol. The van der Waals surface area contributed by atoms with Crippen LogP contribution in [0.2, 0.25) is 0 Å². The third kappa shape index (κ3) is 2.20. The summed E-state index contributed by atoms with van der Waals surface area (Å²) in [7, 11) is -1.34. The van der Waals surface area contributed by atoms with Crippen molar-refractivity contribution in [2.75, 3.05) is 17.1 Å². The smallest absolute Gasteiger partial charge is 0.232 e. The molecule has 0 spiro atoms. The first-order valence-electron chi connectivity index (χ1n) is 6.49. The Morgan fingerprint density at radius 1 is 1.30 bits per heavy atom. The number of hydrogen-bond acceptors (Lipinski definition) is 3. The van der Waals surface area contributed by atoms with Crippen LogP contribution in [0.25, 0.3) is 0 Å². The molecule has 1 aromatic carbocycles. The van der Waals surface area contributed by atoms with Crippen LogP contribution in [-0.4, -0.2) is 30.8 Å². The fourth-order valence-corrected chi connectivity index (χ4v) is 3.80. The van der Waals surface area contributed by atoms with Crippen molar-refractivity contribution >= 4 is 15.7 Å². The van der Waals surface area contributed by atoms with E-state index < -0.39 is 10.0 Å². The molecule has 3 rings (SSSR count). The van der Waals surface area contributed by atoms with Crippen LogP contribution in [0.3, 0.4) is 0 Å². The molecular weight excluding hydrogens is 274 g/mol. The Bertz CT molecular complexity index is 736. The highest BCUT2D eigenvalue weighted by Crippen LogP contribution is 2.35. The number of nitrogens with zero attached hydrogens (tertiary/aromatic N) is 3. The maximum absolute atomic E-state index is 12.0. The lowest BCUT2D eigenvalue weighted by molar-refractivity contribution is 0.566. The number of hydrogen-bond donors (Lipinski definition) is 0. The number of anilines is 1. The van der Waals surface area contributed by atoms with Gasteiger partial charge in [0.25, 0.3) is 0 Å². The van der Waals surface area contributed by atoms with Crippen LogP contribution in [0.4, 0.5) is 5.69 Å². The molecule has 0 unspecified atom stereocenters. The van der Waals surface area contributed by atoms with Gasteiger partial charge in [0.05, 0.1) is 11.9 Å². The van der Waals surface area contributed by atoms with Gasteiger partial charge in [0.1, 0.15) is 5.82 Å². The van der Waals surface area contributed by atoms with Gasteiger partial charge in [-0.15, -0.1) is 0 Å². The highest BCUT2D eigenvalue weighted by Gasteiger charge is 2.31. The molecule has 5 nitrogen and oxygen atoms in total. The summed E-state index contributed by atoms with van der Waals surface area (Å²) in [6.07, 6.45) is 5.71. The zero-order chi connectivity index (χ0) is 14.3. The van der Waals surface area contributed by atoms with E-state index in [1.54, 1.807) is 6.20 Å². The van der Waals surface area contributed by atoms with Crippen LogP contribution >= 0.6 is 0 Å². The van der Waals surface area contributed by atoms with Crippen molar-refractivity contribution in [3.05, 3.63) is 48.0 Å². The van der Waals surface area contributed by atoms with E-state index in [1.807, 2.05) is 42.1 Å². The van der Waals surface area contributed by atoms with Gasteiger partial charge in [0.15, 0.2) is 0 Å².